The number of carboxylic acid groups (broad SMARTS) is 1. The second kappa shape index (κ2) is 10.3. The molecule has 0 saturated carbocycles. The summed E-state index contributed by atoms with van der Waals surface area (Å²) in [5.74, 6) is -1.44. The summed E-state index contributed by atoms with van der Waals surface area (Å²) in [6, 6.07) is 8.07. The van der Waals surface area contributed by atoms with Crippen LogP contribution in [0, 0.1) is 0 Å². The van der Waals surface area contributed by atoms with Gasteiger partial charge >= 0.3 is 91.2 Å². The molecule has 0 spiro atoms. The van der Waals surface area contributed by atoms with E-state index in [1.165, 1.54) is 3.07 Å². The number of hydrogen-bond donors (Lipinski definition) is 3. The molecule has 0 heterocycles. The summed E-state index contributed by atoms with van der Waals surface area (Å²) in [6.07, 6.45) is -1.69. The van der Waals surface area contributed by atoms with Gasteiger partial charge in [0.15, 0.2) is 0 Å². The van der Waals surface area contributed by atoms with Gasteiger partial charge in [0.1, 0.15) is 0 Å². The van der Waals surface area contributed by atoms with Gasteiger partial charge in [-0.2, -0.15) is 0 Å². The van der Waals surface area contributed by atoms with Crippen LogP contribution in [0.25, 0.3) is 0 Å². The van der Waals surface area contributed by atoms with Crippen molar-refractivity contribution in [3.63, 3.8) is 0 Å². The summed E-state index contributed by atoms with van der Waals surface area (Å²) in [4.78, 5) is 9.34. The van der Waals surface area contributed by atoms with Crippen molar-refractivity contribution in [1.82, 2.24) is 0 Å². The minimum absolute atomic E-state index is 0.350. The summed E-state index contributed by atoms with van der Waals surface area (Å²) in [5, 5.41) is 26.3. The quantitative estimate of drug-likeness (QED) is 0.430. The fourth-order valence-corrected chi connectivity index (χ4v) is 5.76. The molecule has 104 valence electrons. The Labute approximate surface area is 125 Å². The molecule has 2 atom stereocenters. The van der Waals surface area contributed by atoms with E-state index in [1.807, 2.05) is 18.2 Å². The third-order valence-electron chi connectivity index (χ3n) is 2.08. The van der Waals surface area contributed by atoms with Crippen LogP contribution in [0.2, 0.25) is 0 Å². The molecule has 0 aliphatic heterocycles. The minimum atomic E-state index is -1.44. The van der Waals surface area contributed by atoms with E-state index >= 15 is 0 Å². The monoisotopic (exact) mass is 459 g/mol. The molecule has 0 aliphatic carbocycles. The van der Waals surface area contributed by atoms with Crippen LogP contribution in [-0.4, -0.2) is 35.0 Å². The summed E-state index contributed by atoms with van der Waals surface area (Å²) in [7, 11) is 0. The number of aliphatic hydroxyl groups excluding tert-OH is 2. The predicted molar refractivity (Wildman–Crippen MR) is 62.9 cm³/mol. The molecule has 6 nitrogen and oxygen atoms in total. The SMILES string of the molecule is CC(O)C(=O)[O-].CC(O)C[O][Hg][c]1ccccc1[NH3+]. The van der Waals surface area contributed by atoms with Crippen molar-refractivity contribution in [1.29, 1.82) is 0 Å². The average molecular weight is 458 g/mol. The Morgan fingerprint density at radius 1 is 1.42 bits per heavy atom. The molecule has 19 heavy (non-hydrogen) atoms. The van der Waals surface area contributed by atoms with Crippen molar-refractivity contribution >= 4 is 14.7 Å². The molecule has 0 aromatic heterocycles. The Balaban J connectivity index is 0.000000459. The first-order valence-corrected chi connectivity index (χ1v) is 10.9. The number of benzene rings is 1. The zero-order valence-electron chi connectivity index (χ0n) is 11.2. The molecule has 2 unspecified atom stereocenters. The molecule has 0 bridgehead atoms. The molecule has 1 aromatic rings. The maximum absolute atomic E-state index is 9.34. The van der Waals surface area contributed by atoms with Crippen LogP contribution in [0.15, 0.2) is 24.3 Å². The third-order valence-corrected chi connectivity index (χ3v) is 7.68. The van der Waals surface area contributed by atoms with E-state index in [2.05, 4.69) is 11.8 Å². The van der Waals surface area contributed by atoms with Crippen molar-refractivity contribution in [2.24, 2.45) is 0 Å². The maximum atomic E-state index is 9.34. The number of quaternary nitrogens is 1. The van der Waals surface area contributed by atoms with Crippen molar-refractivity contribution < 1.29 is 53.5 Å². The van der Waals surface area contributed by atoms with E-state index in [0.29, 0.717) is 6.61 Å². The first-order valence-electron chi connectivity index (χ1n) is 5.89. The number of hydrogen-bond acceptors (Lipinski definition) is 5. The Kier molecular flexibility index (Phi) is 9.99. The van der Waals surface area contributed by atoms with Gasteiger partial charge in [-0.25, -0.2) is 0 Å². The Morgan fingerprint density at radius 2 is 1.95 bits per heavy atom. The number of rotatable bonds is 5. The zero-order chi connectivity index (χ0) is 14.8. The third kappa shape index (κ3) is 9.97. The van der Waals surface area contributed by atoms with E-state index in [-0.39, 0.29) is 6.10 Å². The predicted octanol–water partition coefficient (Wildman–Crippen LogP) is -2.30. The van der Waals surface area contributed by atoms with Crippen LogP contribution < -0.4 is 13.9 Å². The van der Waals surface area contributed by atoms with Gasteiger partial charge in [0, 0.05) is 0 Å². The van der Waals surface area contributed by atoms with Gasteiger partial charge in [-0.3, -0.25) is 0 Å². The van der Waals surface area contributed by atoms with Crippen LogP contribution >= 0.6 is 0 Å². The second-order valence-electron chi connectivity index (χ2n) is 4.13. The Hall–Kier alpha value is -0.535. The summed E-state index contributed by atoms with van der Waals surface area (Å²) in [5.41, 5.74) is 5.01. The van der Waals surface area contributed by atoms with Crippen LogP contribution in [0.3, 0.4) is 0 Å². The summed E-state index contributed by atoms with van der Waals surface area (Å²) in [6.45, 7) is 3.34. The fourth-order valence-electron chi connectivity index (χ4n) is 1.04. The molecule has 7 heteroatoms. The first-order chi connectivity index (χ1) is 8.84. The fraction of sp³-hybridized carbons (Fsp3) is 0.417. The van der Waals surface area contributed by atoms with Gasteiger partial charge in [-0.15, -0.1) is 0 Å². The van der Waals surface area contributed by atoms with Gasteiger partial charge in [0.05, 0.1) is 12.1 Å². The van der Waals surface area contributed by atoms with Crippen LogP contribution in [0.5, 0.6) is 0 Å². The van der Waals surface area contributed by atoms with Crippen molar-refractivity contribution in [3.05, 3.63) is 24.3 Å². The number of carbonyl (C=O) groups excluding carboxylic acids is 1. The topological polar surface area (TPSA) is 117 Å². The first kappa shape index (κ1) is 18.5. The van der Waals surface area contributed by atoms with Gasteiger partial charge in [0.25, 0.3) is 0 Å². The van der Waals surface area contributed by atoms with Crippen LogP contribution in [0.4, 0.5) is 5.69 Å². The zero-order valence-corrected chi connectivity index (χ0v) is 16.7. The number of carbonyl (C=O) groups is 1. The number of aliphatic carboxylic acids is 1. The Morgan fingerprint density at radius 3 is 2.37 bits per heavy atom. The van der Waals surface area contributed by atoms with E-state index in [4.69, 9.17) is 12.9 Å². The second-order valence-corrected chi connectivity index (χ2v) is 9.80. The molecule has 0 saturated heterocycles. The normalized spacial score (nSPS) is 12.7. The molecule has 0 fully saturated rings. The van der Waals surface area contributed by atoms with E-state index in [1.54, 1.807) is 6.92 Å². The molecule has 5 N–H and O–H groups in total. The van der Waals surface area contributed by atoms with E-state index < -0.39 is 37.1 Å². The average Bonchev–Trinajstić information content (AvgIpc) is 2.32. The molecule has 1 aromatic carbocycles. The van der Waals surface area contributed by atoms with E-state index in [9.17, 15) is 9.90 Å². The Bertz CT molecular complexity index is 384. The summed E-state index contributed by atoms with van der Waals surface area (Å²) >= 11 is -1.44. The number of aliphatic hydroxyl groups is 2. The summed E-state index contributed by atoms with van der Waals surface area (Å²) < 4.78 is 6.79. The van der Waals surface area contributed by atoms with Crippen molar-refractivity contribution in [2.45, 2.75) is 26.1 Å². The molecule has 0 amide bonds. The molecule has 0 radical (unpaired) electrons. The van der Waals surface area contributed by atoms with Gasteiger partial charge in [-0.05, 0) is 6.92 Å². The van der Waals surface area contributed by atoms with Gasteiger partial charge in [0.2, 0.25) is 0 Å². The van der Waals surface area contributed by atoms with Crippen molar-refractivity contribution in [3.8, 4) is 0 Å². The van der Waals surface area contributed by atoms with Crippen molar-refractivity contribution in [2.75, 3.05) is 6.61 Å². The van der Waals surface area contributed by atoms with Crippen LogP contribution in [0.1, 0.15) is 13.8 Å². The molecular formula is C12H19HgNO5. The molecule has 1 rings (SSSR count). The van der Waals surface area contributed by atoms with Gasteiger partial charge in [-0.1, -0.05) is 0 Å². The van der Waals surface area contributed by atoms with E-state index in [0.717, 1.165) is 12.6 Å². The number of carboxylic acids is 1. The molecule has 0 aliphatic rings. The van der Waals surface area contributed by atoms with Gasteiger partial charge < -0.3 is 15.0 Å². The van der Waals surface area contributed by atoms with Crippen LogP contribution in [-0.2, 0) is 32.5 Å². The standard InChI is InChI=1S/C6H6N.C3H6O3.C3H7O2.Hg/c7-6-4-2-1-3-5-6;1-2(4)3(5)6;1-3(5)2-4;/h1-4H,7H2;2,4H,1H3,(H,5,6);3,5H,2H2,1H3;/q;;-1;+1. The molecular weight excluding hydrogens is 439 g/mol.